The Kier molecular flexibility index (Phi) is 2.26. The van der Waals surface area contributed by atoms with E-state index in [4.69, 9.17) is 0 Å². The van der Waals surface area contributed by atoms with Crippen molar-refractivity contribution < 1.29 is 8.42 Å². The highest BCUT2D eigenvalue weighted by molar-refractivity contribution is 7.91. The summed E-state index contributed by atoms with van der Waals surface area (Å²) in [7, 11) is -1.94. The van der Waals surface area contributed by atoms with Gasteiger partial charge in [0, 0.05) is 0 Å². The van der Waals surface area contributed by atoms with Crippen molar-refractivity contribution in [2.24, 2.45) is 0 Å². The van der Waals surface area contributed by atoms with Crippen LogP contribution in [-0.2, 0) is 10.0 Å². The minimum Gasteiger partial charge on any atom is -0.237 e. The first-order chi connectivity index (χ1) is 5.08. The molecular weight excluding hydrogens is 184 g/mol. The molecule has 6 heteroatoms. The number of rotatable bonds is 2. The SMILES string of the molecule is CNS(=O)(=O)c1s[c]nc1C. The average Bonchev–Trinajstić information content (AvgIpc) is 2.36. The minimum absolute atomic E-state index is 0.236. The quantitative estimate of drug-likeness (QED) is 0.724. The molecular formula is C5H7N2O2S2. The molecule has 1 rings (SSSR count). The first-order valence-corrected chi connectivity index (χ1v) is 5.15. The van der Waals surface area contributed by atoms with Crippen LogP contribution in [0.5, 0.6) is 0 Å². The highest BCUT2D eigenvalue weighted by Gasteiger charge is 2.16. The average molecular weight is 191 g/mol. The highest BCUT2D eigenvalue weighted by atomic mass is 32.2. The Morgan fingerprint density at radius 2 is 2.27 bits per heavy atom. The van der Waals surface area contributed by atoms with Crippen molar-refractivity contribution >= 4 is 21.4 Å². The van der Waals surface area contributed by atoms with Gasteiger partial charge in [-0.25, -0.2) is 18.1 Å². The van der Waals surface area contributed by atoms with Gasteiger partial charge in [-0.05, 0) is 14.0 Å². The lowest BCUT2D eigenvalue weighted by atomic mass is 10.6. The van der Waals surface area contributed by atoms with E-state index in [2.05, 4.69) is 15.2 Å². The Labute approximate surface area is 69.3 Å². The van der Waals surface area contributed by atoms with Crippen LogP contribution in [-0.4, -0.2) is 20.4 Å². The van der Waals surface area contributed by atoms with Crippen LogP contribution in [0.25, 0.3) is 0 Å². The second-order valence-corrected chi connectivity index (χ2v) is 4.76. The Hall–Kier alpha value is -0.460. The fourth-order valence-corrected chi connectivity index (χ4v) is 2.47. The van der Waals surface area contributed by atoms with Crippen molar-refractivity contribution in [2.75, 3.05) is 7.05 Å². The minimum atomic E-state index is -3.31. The van der Waals surface area contributed by atoms with E-state index in [1.165, 1.54) is 7.05 Å². The highest BCUT2D eigenvalue weighted by Crippen LogP contribution is 2.17. The van der Waals surface area contributed by atoms with Gasteiger partial charge in [-0.2, -0.15) is 0 Å². The van der Waals surface area contributed by atoms with Crippen LogP contribution < -0.4 is 4.72 Å². The fourth-order valence-electron chi connectivity index (χ4n) is 0.594. The van der Waals surface area contributed by atoms with E-state index in [9.17, 15) is 8.42 Å². The molecule has 0 aromatic carbocycles. The van der Waals surface area contributed by atoms with Gasteiger partial charge < -0.3 is 0 Å². The molecule has 0 fully saturated rings. The van der Waals surface area contributed by atoms with Gasteiger partial charge in [0.15, 0.2) is 9.72 Å². The van der Waals surface area contributed by atoms with Crippen molar-refractivity contribution in [3.8, 4) is 0 Å². The summed E-state index contributed by atoms with van der Waals surface area (Å²) in [6, 6.07) is 0. The van der Waals surface area contributed by atoms with Gasteiger partial charge in [-0.3, -0.25) is 0 Å². The molecule has 1 heterocycles. The molecule has 0 aliphatic heterocycles. The molecule has 0 aliphatic carbocycles. The first kappa shape index (κ1) is 8.63. The van der Waals surface area contributed by atoms with Crippen LogP contribution in [0.1, 0.15) is 5.69 Å². The van der Waals surface area contributed by atoms with Gasteiger partial charge in [-0.15, -0.1) is 0 Å². The van der Waals surface area contributed by atoms with E-state index in [1.54, 1.807) is 6.92 Å². The summed E-state index contributed by atoms with van der Waals surface area (Å²) >= 11 is 0.994. The molecule has 4 nitrogen and oxygen atoms in total. The number of aromatic nitrogens is 1. The molecule has 0 saturated carbocycles. The molecule has 0 spiro atoms. The van der Waals surface area contributed by atoms with Gasteiger partial charge in [0.05, 0.1) is 5.69 Å². The van der Waals surface area contributed by atoms with Crippen molar-refractivity contribution in [3.63, 3.8) is 0 Å². The van der Waals surface area contributed by atoms with E-state index in [1.807, 2.05) is 0 Å². The van der Waals surface area contributed by atoms with E-state index in [0.29, 0.717) is 5.69 Å². The zero-order chi connectivity index (χ0) is 8.48. The lowest BCUT2D eigenvalue weighted by Gasteiger charge is -1.97. The van der Waals surface area contributed by atoms with Gasteiger partial charge in [0.25, 0.3) is 10.0 Å². The fraction of sp³-hybridized carbons (Fsp3) is 0.400. The van der Waals surface area contributed by atoms with Gasteiger partial charge in [0.2, 0.25) is 0 Å². The third kappa shape index (κ3) is 1.58. The number of hydrogen-bond donors (Lipinski definition) is 1. The molecule has 0 amide bonds. The second kappa shape index (κ2) is 2.88. The van der Waals surface area contributed by atoms with Crippen molar-refractivity contribution in [2.45, 2.75) is 11.1 Å². The van der Waals surface area contributed by atoms with Crippen LogP contribution in [0, 0.1) is 12.4 Å². The van der Waals surface area contributed by atoms with E-state index >= 15 is 0 Å². The lowest BCUT2D eigenvalue weighted by molar-refractivity contribution is 0.589. The molecule has 1 aromatic rings. The summed E-state index contributed by atoms with van der Waals surface area (Å²) in [5, 5.41) is 0. The zero-order valence-electron chi connectivity index (χ0n) is 6.08. The van der Waals surface area contributed by atoms with E-state index < -0.39 is 10.0 Å². The summed E-state index contributed by atoms with van der Waals surface area (Å²) in [6.07, 6.45) is 0. The lowest BCUT2D eigenvalue weighted by Crippen LogP contribution is -2.18. The van der Waals surface area contributed by atoms with Crippen molar-refractivity contribution in [1.82, 2.24) is 9.71 Å². The largest absolute Gasteiger partial charge is 0.251 e. The van der Waals surface area contributed by atoms with Gasteiger partial charge >= 0.3 is 0 Å². The van der Waals surface area contributed by atoms with E-state index in [0.717, 1.165) is 11.3 Å². The maximum atomic E-state index is 11.1. The predicted molar refractivity (Wildman–Crippen MR) is 41.9 cm³/mol. The Bertz CT molecular complexity index is 341. The van der Waals surface area contributed by atoms with Crippen LogP contribution in [0.4, 0.5) is 0 Å². The number of nitrogens with one attached hydrogen (secondary N) is 1. The summed E-state index contributed by atoms with van der Waals surface area (Å²) in [6.45, 7) is 1.64. The molecule has 1 radical (unpaired) electrons. The first-order valence-electron chi connectivity index (χ1n) is 2.85. The van der Waals surface area contributed by atoms with Crippen LogP contribution in [0.15, 0.2) is 4.21 Å². The number of sulfonamides is 1. The maximum Gasteiger partial charge on any atom is 0.251 e. The Morgan fingerprint density at radius 3 is 2.64 bits per heavy atom. The predicted octanol–water partition coefficient (Wildman–Crippen LogP) is 0.160. The normalized spacial score (nSPS) is 11.8. The summed E-state index contributed by atoms with van der Waals surface area (Å²) in [5.74, 6) is 0. The Balaban J connectivity index is 3.22. The second-order valence-electron chi connectivity index (χ2n) is 1.89. The molecule has 0 saturated heterocycles. The van der Waals surface area contributed by atoms with Crippen molar-refractivity contribution in [3.05, 3.63) is 11.2 Å². The molecule has 0 bridgehead atoms. The van der Waals surface area contributed by atoms with Crippen LogP contribution >= 0.6 is 11.3 Å². The number of thiazole rings is 1. The Morgan fingerprint density at radius 1 is 1.64 bits per heavy atom. The third-order valence-corrected chi connectivity index (χ3v) is 4.05. The molecule has 0 atom stereocenters. The number of hydrogen-bond acceptors (Lipinski definition) is 4. The smallest absolute Gasteiger partial charge is 0.237 e. The molecule has 0 aliphatic rings. The van der Waals surface area contributed by atoms with E-state index in [-0.39, 0.29) is 4.21 Å². The summed E-state index contributed by atoms with van der Waals surface area (Å²) in [5.41, 5.74) is 3.00. The molecule has 11 heavy (non-hydrogen) atoms. The molecule has 61 valence electrons. The number of nitrogens with zero attached hydrogens (tertiary/aromatic N) is 1. The molecule has 1 N–H and O–H groups in total. The topological polar surface area (TPSA) is 59.1 Å². The van der Waals surface area contributed by atoms with Gasteiger partial charge in [0.1, 0.15) is 0 Å². The van der Waals surface area contributed by atoms with Crippen LogP contribution in [0.3, 0.4) is 0 Å². The zero-order valence-corrected chi connectivity index (χ0v) is 7.71. The standard InChI is InChI=1S/C5H7N2O2S2/c1-4-5(10-3-7-4)11(8,9)6-2/h6H,1-2H3. The third-order valence-electron chi connectivity index (χ3n) is 1.16. The maximum absolute atomic E-state index is 11.1. The van der Waals surface area contributed by atoms with Crippen molar-refractivity contribution in [1.29, 1.82) is 0 Å². The van der Waals surface area contributed by atoms with Gasteiger partial charge in [-0.1, -0.05) is 11.3 Å². The summed E-state index contributed by atoms with van der Waals surface area (Å²) in [4.78, 5) is 3.71. The molecule has 1 aromatic heterocycles. The van der Waals surface area contributed by atoms with Crippen LogP contribution in [0.2, 0.25) is 0 Å². The monoisotopic (exact) mass is 191 g/mol. The summed E-state index contributed by atoms with van der Waals surface area (Å²) < 4.78 is 24.7. The number of aryl methyl sites for hydroxylation is 1. The molecule has 0 unspecified atom stereocenters.